The Kier molecular flexibility index (Phi) is 4.36. The molecule has 0 saturated heterocycles. The van der Waals surface area contributed by atoms with Gasteiger partial charge >= 0.3 is 0 Å². The molecule has 0 aliphatic carbocycles. The van der Waals surface area contributed by atoms with Gasteiger partial charge in [0.15, 0.2) is 0 Å². The number of nitrogens with two attached hydrogens (primary N) is 1. The molecule has 0 spiro atoms. The lowest BCUT2D eigenvalue weighted by Gasteiger charge is -1.90. The third kappa shape index (κ3) is 2.63. The molecule has 0 amide bonds. The molecule has 2 N–H and O–H groups in total. The minimum atomic E-state index is 0. The van der Waals surface area contributed by atoms with Crippen LogP contribution in [0, 0.1) is 0 Å². The number of hydrogen-bond acceptors (Lipinski definition) is 1. The first-order chi connectivity index (χ1) is 3.93. The lowest BCUT2D eigenvalue weighted by atomic mass is 10.2. The molecule has 0 bridgehead atoms. The molecule has 1 nitrogen and oxygen atoms in total. The molecule has 0 fully saturated rings. The number of benzene rings is 1. The standard InChI is InChI=1S/C7H9N.BrH/c8-6-7-4-2-1-3-5-7;/h1-5H,6,8H2;1H. The van der Waals surface area contributed by atoms with Gasteiger partial charge in [-0.15, -0.1) is 17.0 Å². The second-order valence-electron chi connectivity index (χ2n) is 1.69. The summed E-state index contributed by atoms with van der Waals surface area (Å²) in [6.45, 7) is 0.640. The number of hydrogen-bond donors (Lipinski definition) is 1. The van der Waals surface area contributed by atoms with Crippen molar-refractivity contribution in [3.63, 3.8) is 0 Å². The molecule has 0 heterocycles. The van der Waals surface area contributed by atoms with Crippen molar-refractivity contribution in [2.24, 2.45) is 5.73 Å². The van der Waals surface area contributed by atoms with Gasteiger partial charge in [-0.2, -0.15) is 0 Å². The molecular weight excluding hydrogens is 178 g/mol. The van der Waals surface area contributed by atoms with Crippen molar-refractivity contribution >= 4 is 17.0 Å². The fourth-order valence-electron chi connectivity index (χ4n) is 0.614. The van der Waals surface area contributed by atoms with Gasteiger partial charge in [-0.1, -0.05) is 30.3 Å². The molecule has 0 atom stereocenters. The van der Waals surface area contributed by atoms with E-state index in [1.807, 2.05) is 30.3 Å². The van der Waals surface area contributed by atoms with E-state index < -0.39 is 0 Å². The SMILES string of the molecule is Br.NCc1ccccc1. The Morgan fingerprint density at radius 2 is 1.67 bits per heavy atom. The van der Waals surface area contributed by atoms with Gasteiger partial charge in [0.05, 0.1) is 0 Å². The van der Waals surface area contributed by atoms with E-state index in [9.17, 15) is 0 Å². The molecule has 1 aromatic rings. The zero-order valence-electron chi connectivity index (χ0n) is 5.08. The third-order valence-corrected chi connectivity index (χ3v) is 1.08. The van der Waals surface area contributed by atoms with Crippen LogP contribution in [0.3, 0.4) is 0 Å². The number of rotatable bonds is 1. The minimum absolute atomic E-state index is 0. The summed E-state index contributed by atoms with van der Waals surface area (Å²) in [5.41, 5.74) is 6.54. The van der Waals surface area contributed by atoms with Crippen molar-refractivity contribution in [3.05, 3.63) is 35.9 Å². The Morgan fingerprint density at radius 3 is 2.00 bits per heavy atom. The van der Waals surface area contributed by atoms with Gasteiger partial charge < -0.3 is 5.73 Å². The quantitative estimate of drug-likeness (QED) is 0.713. The highest BCUT2D eigenvalue weighted by atomic mass is 79.9. The first kappa shape index (κ1) is 8.66. The van der Waals surface area contributed by atoms with Gasteiger partial charge in [0.1, 0.15) is 0 Å². The maximum absolute atomic E-state index is 5.35. The van der Waals surface area contributed by atoms with E-state index in [4.69, 9.17) is 5.73 Å². The summed E-state index contributed by atoms with van der Waals surface area (Å²) >= 11 is 0. The maximum Gasteiger partial charge on any atom is 0.0178 e. The van der Waals surface area contributed by atoms with E-state index in [0.29, 0.717) is 6.54 Å². The maximum atomic E-state index is 5.35. The van der Waals surface area contributed by atoms with Gasteiger partial charge in [0.2, 0.25) is 0 Å². The van der Waals surface area contributed by atoms with E-state index in [0.717, 1.165) is 0 Å². The van der Waals surface area contributed by atoms with Crippen LogP contribution >= 0.6 is 17.0 Å². The molecule has 1 rings (SSSR count). The highest BCUT2D eigenvalue weighted by Gasteiger charge is 1.80. The molecule has 0 saturated carbocycles. The van der Waals surface area contributed by atoms with Gasteiger partial charge in [0.25, 0.3) is 0 Å². The zero-order valence-corrected chi connectivity index (χ0v) is 6.79. The van der Waals surface area contributed by atoms with Crippen molar-refractivity contribution in [3.8, 4) is 0 Å². The summed E-state index contributed by atoms with van der Waals surface area (Å²) < 4.78 is 0. The van der Waals surface area contributed by atoms with Crippen LogP contribution in [0.2, 0.25) is 0 Å². The predicted octanol–water partition coefficient (Wildman–Crippen LogP) is 1.72. The van der Waals surface area contributed by atoms with Gasteiger partial charge in [-0.25, -0.2) is 0 Å². The third-order valence-electron chi connectivity index (χ3n) is 1.08. The molecule has 50 valence electrons. The normalized spacial score (nSPS) is 8.11. The second-order valence-corrected chi connectivity index (χ2v) is 1.69. The Balaban J connectivity index is 0.000000640. The Labute approximate surface area is 65.6 Å². The van der Waals surface area contributed by atoms with E-state index in [2.05, 4.69) is 0 Å². The molecule has 1 aromatic carbocycles. The van der Waals surface area contributed by atoms with Gasteiger partial charge in [0, 0.05) is 6.54 Å². The predicted molar refractivity (Wildman–Crippen MR) is 44.7 cm³/mol. The summed E-state index contributed by atoms with van der Waals surface area (Å²) in [6.07, 6.45) is 0. The average Bonchev–Trinajstić information content (AvgIpc) is 1.90. The van der Waals surface area contributed by atoms with Crippen molar-refractivity contribution in [2.45, 2.75) is 6.54 Å². The van der Waals surface area contributed by atoms with Crippen LogP contribution < -0.4 is 5.73 Å². The van der Waals surface area contributed by atoms with Crippen LogP contribution in [0.25, 0.3) is 0 Å². The fourth-order valence-corrected chi connectivity index (χ4v) is 0.614. The lowest BCUT2D eigenvalue weighted by Crippen LogP contribution is -1.94. The average molecular weight is 188 g/mol. The molecule has 2 heteroatoms. The minimum Gasteiger partial charge on any atom is -0.326 e. The van der Waals surface area contributed by atoms with Crippen molar-refractivity contribution in [1.82, 2.24) is 0 Å². The Morgan fingerprint density at radius 1 is 1.11 bits per heavy atom. The Hall–Kier alpha value is -0.340. The van der Waals surface area contributed by atoms with E-state index in [1.165, 1.54) is 5.56 Å². The van der Waals surface area contributed by atoms with Crippen LogP contribution in [-0.2, 0) is 6.54 Å². The van der Waals surface area contributed by atoms with E-state index >= 15 is 0 Å². The van der Waals surface area contributed by atoms with Crippen LogP contribution in [0.1, 0.15) is 5.56 Å². The van der Waals surface area contributed by atoms with E-state index in [-0.39, 0.29) is 17.0 Å². The zero-order chi connectivity index (χ0) is 5.82. The smallest absolute Gasteiger partial charge is 0.0178 e. The van der Waals surface area contributed by atoms with Gasteiger partial charge in [-0.3, -0.25) is 0 Å². The molecule has 0 aliphatic heterocycles. The summed E-state index contributed by atoms with van der Waals surface area (Å²) in [6, 6.07) is 9.99. The van der Waals surface area contributed by atoms with Crippen LogP contribution in [-0.4, -0.2) is 0 Å². The van der Waals surface area contributed by atoms with Crippen LogP contribution in [0.5, 0.6) is 0 Å². The first-order valence-corrected chi connectivity index (χ1v) is 2.67. The number of halogens is 1. The van der Waals surface area contributed by atoms with Crippen LogP contribution in [0.4, 0.5) is 0 Å². The molecule has 0 unspecified atom stereocenters. The monoisotopic (exact) mass is 187 g/mol. The molecule has 0 radical (unpaired) electrons. The van der Waals surface area contributed by atoms with Gasteiger partial charge in [-0.05, 0) is 5.56 Å². The fraction of sp³-hybridized carbons (Fsp3) is 0.143. The summed E-state index contributed by atoms with van der Waals surface area (Å²) in [4.78, 5) is 0. The van der Waals surface area contributed by atoms with Crippen molar-refractivity contribution < 1.29 is 0 Å². The molecule has 9 heavy (non-hydrogen) atoms. The molecule has 0 aliphatic rings. The second kappa shape index (κ2) is 4.53. The van der Waals surface area contributed by atoms with Crippen LogP contribution in [0.15, 0.2) is 30.3 Å². The highest BCUT2D eigenvalue weighted by molar-refractivity contribution is 8.93. The molecule has 0 aromatic heterocycles. The largest absolute Gasteiger partial charge is 0.326 e. The first-order valence-electron chi connectivity index (χ1n) is 2.67. The molecular formula is C7H10BrN. The summed E-state index contributed by atoms with van der Waals surface area (Å²) in [5.74, 6) is 0. The van der Waals surface area contributed by atoms with Crippen molar-refractivity contribution in [1.29, 1.82) is 0 Å². The van der Waals surface area contributed by atoms with E-state index in [1.54, 1.807) is 0 Å². The Bertz CT molecular complexity index is 150. The topological polar surface area (TPSA) is 26.0 Å². The van der Waals surface area contributed by atoms with Crippen molar-refractivity contribution in [2.75, 3.05) is 0 Å². The summed E-state index contributed by atoms with van der Waals surface area (Å²) in [5, 5.41) is 0. The summed E-state index contributed by atoms with van der Waals surface area (Å²) in [7, 11) is 0. The highest BCUT2D eigenvalue weighted by Crippen LogP contribution is 1.94. The lowest BCUT2D eigenvalue weighted by molar-refractivity contribution is 1.07.